The molecule has 4 heteroatoms. The summed E-state index contributed by atoms with van der Waals surface area (Å²) in [6.07, 6.45) is 1.03. The zero-order chi connectivity index (χ0) is 12.8. The van der Waals surface area contributed by atoms with E-state index >= 15 is 0 Å². The molecule has 17 heavy (non-hydrogen) atoms. The third-order valence-corrected chi connectivity index (χ3v) is 2.99. The van der Waals surface area contributed by atoms with E-state index in [4.69, 9.17) is 0 Å². The summed E-state index contributed by atoms with van der Waals surface area (Å²) in [6.45, 7) is 6.98. The second-order valence-electron chi connectivity index (χ2n) is 4.53. The fraction of sp³-hybridized carbons (Fsp3) is 0.538. The van der Waals surface area contributed by atoms with Gasteiger partial charge in [-0.3, -0.25) is 10.1 Å². The Kier molecular flexibility index (Phi) is 5.10. The maximum atomic E-state index is 10.8. The van der Waals surface area contributed by atoms with E-state index in [0.717, 1.165) is 12.0 Å². The first kappa shape index (κ1) is 13.6. The van der Waals surface area contributed by atoms with Gasteiger partial charge in [0.05, 0.1) is 4.92 Å². The van der Waals surface area contributed by atoms with Gasteiger partial charge in [0.25, 0.3) is 5.69 Å². The molecule has 0 aliphatic heterocycles. The van der Waals surface area contributed by atoms with Gasteiger partial charge in [0.2, 0.25) is 0 Å². The maximum Gasteiger partial charge on any atom is 0.273 e. The quantitative estimate of drug-likeness (QED) is 0.610. The van der Waals surface area contributed by atoms with Crippen LogP contribution in [0.2, 0.25) is 0 Å². The molecule has 0 radical (unpaired) electrons. The Labute approximate surface area is 102 Å². The highest BCUT2D eigenvalue weighted by atomic mass is 16.6. The van der Waals surface area contributed by atoms with Crippen molar-refractivity contribution in [3.05, 3.63) is 39.9 Å². The number of para-hydroxylation sites is 1. The largest absolute Gasteiger partial charge is 0.309 e. The first-order chi connectivity index (χ1) is 8.06. The molecule has 0 saturated carbocycles. The molecule has 1 atom stereocenters. The minimum Gasteiger partial charge on any atom is -0.309 e. The summed E-state index contributed by atoms with van der Waals surface area (Å²) in [6, 6.07) is 7.28. The van der Waals surface area contributed by atoms with Crippen molar-refractivity contribution in [2.24, 2.45) is 5.92 Å². The normalized spacial score (nSPS) is 12.7. The van der Waals surface area contributed by atoms with Gasteiger partial charge in [0, 0.05) is 24.2 Å². The van der Waals surface area contributed by atoms with Crippen molar-refractivity contribution in [1.29, 1.82) is 0 Å². The van der Waals surface area contributed by atoms with E-state index in [0.29, 0.717) is 18.5 Å². The molecule has 0 heterocycles. The number of nitro groups is 1. The summed E-state index contributed by atoms with van der Waals surface area (Å²) in [5, 5.41) is 14.2. The van der Waals surface area contributed by atoms with Crippen LogP contribution in [0.3, 0.4) is 0 Å². The van der Waals surface area contributed by atoms with Gasteiger partial charge in [-0.1, -0.05) is 39.0 Å². The van der Waals surface area contributed by atoms with Gasteiger partial charge in [-0.15, -0.1) is 0 Å². The lowest BCUT2D eigenvalue weighted by Gasteiger charge is -2.20. The van der Waals surface area contributed by atoms with Crippen molar-refractivity contribution in [3.8, 4) is 0 Å². The molecule has 0 aromatic heterocycles. The van der Waals surface area contributed by atoms with Gasteiger partial charge >= 0.3 is 0 Å². The monoisotopic (exact) mass is 236 g/mol. The van der Waals surface area contributed by atoms with Crippen LogP contribution in [0.25, 0.3) is 0 Å². The lowest BCUT2D eigenvalue weighted by Crippen LogP contribution is -2.32. The number of nitro benzene ring substituents is 1. The Bertz CT molecular complexity index is 377. The van der Waals surface area contributed by atoms with Crippen molar-refractivity contribution in [2.45, 2.75) is 39.8 Å². The van der Waals surface area contributed by atoms with Crippen LogP contribution in [0.4, 0.5) is 5.69 Å². The number of nitrogens with one attached hydrogen (secondary N) is 1. The van der Waals surface area contributed by atoms with Gasteiger partial charge < -0.3 is 5.32 Å². The molecule has 1 aromatic rings. The first-order valence-corrected chi connectivity index (χ1v) is 6.02. The fourth-order valence-electron chi connectivity index (χ4n) is 1.93. The molecular formula is C13H20N2O2. The third-order valence-electron chi connectivity index (χ3n) is 2.99. The van der Waals surface area contributed by atoms with E-state index in [1.807, 2.05) is 6.07 Å². The van der Waals surface area contributed by atoms with E-state index in [1.165, 1.54) is 0 Å². The molecular weight excluding hydrogens is 216 g/mol. The lowest BCUT2D eigenvalue weighted by atomic mass is 10.0. The minimum absolute atomic E-state index is 0.193. The van der Waals surface area contributed by atoms with Crippen LogP contribution in [0.5, 0.6) is 0 Å². The van der Waals surface area contributed by atoms with Crippen molar-refractivity contribution < 1.29 is 4.92 Å². The van der Waals surface area contributed by atoms with E-state index < -0.39 is 0 Å². The Morgan fingerprint density at radius 2 is 2.00 bits per heavy atom. The van der Waals surface area contributed by atoms with E-state index in [1.54, 1.807) is 18.2 Å². The van der Waals surface area contributed by atoms with Gasteiger partial charge in [-0.2, -0.15) is 0 Å². The molecule has 0 aliphatic rings. The van der Waals surface area contributed by atoms with Crippen LogP contribution < -0.4 is 5.32 Å². The highest BCUT2D eigenvalue weighted by Crippen LogP contribution is 2.18. The molecule has 4 nitrogen and oxygen atoms in total. The predicted molar refractivity (Wildman–Crippen MR) is 68.9 cm³/mol. The maximum absolute atomic E-state index is 10.8. The molecule has 0 bridgehead atoms. The Morgan fingerprint density at radius 1 is 1.35 bits per heavy atom. The molecule has 0 aliphatic carbocycles. The van der Waals surface area contributed by atoms with Crippen LogP contribution in [0.15, 0.2) is 24.3 Å². The van der Waals surface area contributed by atoms with E-state index in [9.17, 15) is 10.1 Å². The van der Waals surface area contributed by atoms with Gasteiger partial charge in [0.1, 0.15) is 0 Å². The minimum atomic E-state index is -0.326. The van der Waals surface area contributed by atoms with Gasteiger partial charge in [0.15, 0.2) is 0 Å². The molecule has 1 aromatic carbocycles. The average molecular weight is 236 g/mol. The average Bonchev–Trinajstić information content (AvgIpc) is 2.29. The van der Waals surface area contributed by atoms with E-state index in [-0.39, 0.29) is 10.6 Å². The molecule has 0 spiro atoms. The predicted octanol–water partition coefficient (Wildman–Crippen LogP) is 3.12. The molecule has 0 saturated heterocycles. The SMILES string of the molecule is CCC(NCc1ccccc1[N+](=O)[O-])C(C)C. The Morgan fingerprint density at radius 3 is 2.53 bits per heavy atom. The second-order valence-corrected chi connectivity index (χ2v) is 4.53. The number of hydrogen-bond acceptors (Lipinski definition) is 3. The van der Waals surface area contributed by atoms with Gasteiger partial charge in [-0.25, -0.2) is 0 Å². The summed E-state index contributed by atoms with van der Waals surface area (Å²) < 4.78 is 0. The summed E-state index contributed by atoms with van der Waals surface area (Å²) in [5.41, 5.74) is 0.940. The third kappa shape index (κ3) is 3.82. The Hall–Kier alpha value is -1.42. The fourth-order valence-corrected chi connectivity index (χ4v) is 1.93. The van der Waals surface area contributed by atoms with Crippen molar-refractivity contribution in [3.63, 3.8) is 0 Å². The lowest BCUT2D eigenvalue weighted by molar-refractivity contribution is -0.385. The summed E-state index contributed by atoms with van der Waals surface area (Å²) in [4.78, 5) is 10.5. The van der Waals surface area contributed by atoms with Crippen molar-refractivity contribution in [2.75, 3.05) is 0 Å². The van der Waals surface area contributed by atoms with Crippen LogP contribution in [-0.4, -0.2) is 11.0 Å². The summed E-state index contributed by atoms with van der Waals surface area (Å²) in [5.74, 6) is 0.530. The van der Waals surface area contributed by atoms with Crippen molar-refractivity contribution in [1.82, 2.24) is 5.32 Å². The number of rotatable bonds is 6. The second kappa shape index (κ2) is 6.35. The summed E-state index contributed by atoms with van der Waals surface area (Å²) in [7, 11) is 0. The van der Waals surface area contributed by atoms with Crippen LogP contribution in [-0.2, 0) is 6.54 Å². The molecule has 0 amide bonds. The standard InChI is InChI=1S/C13H20N2O2/c1-4-12(10(2)3)14-9-11-7-5-6-8-13(11)15(16)17/h5-8,10,12,14H,4,9H2,1-3H3. The van der Waals surface area contributed by atoms with Gasteiger partial charge in [-0.05, 0) is 12.3 Å². The molecule has 1 N–H and O–H groups in total. The van der Waals surface area contributed by atoms with Crippen LogP contribution in [0, 0.1) is 16.0 Å². The summed E-state index contributed by atoms with van der Waals surface area (Å²) >= 11 is 0. The molecule has 0 fully saturated rings. The molecule has 1 rings (SSSR count). The number of hydrogen-bond donors (Lipinski definition) is 1. The topological polar surface area (TPSA) is 55.2 Å². The number of nitrogens with zero attached hydrogens (tertiary/aromatic N) is 1. The number of benzene rings is 1. The van der Waals surface area contributed by atoms with Crippen LogP contribution in [0.1, 0.15) is 32.8 Å². The van der Waals surface area contributed by atoms with Crippen LogP contribution >= 0.6 is 0 Å². The highest BCUT2D eigenvalue weighted by Gasteiger charge is 2.15. The smallest absolute Gasteiger partial charge is 0.273 e. The molecule has 1 unspecified atom stereocenters. The first-order valence-electron chi connectivity index (χ1n) is 6.02. The highest BCUT2D eigenvalue weighted by molar-refractivity contribution is 5.39. The zero-order valence-electron chi connectivity index (χ0n) is 10.6. The zero-order valence-corrected chi connectivity index (χ0v) is 10.6. The Balaban J connectivity index is 2.72. The van der Waals surface area contributed by atoms with Crippen molar-refractivity contribution >= 4 is 5.69 Å². The molecule has 94 valence electrons. The van der Waals surface area contributed by atoms with E-state index in [2.05, 4.69) is 26.1 Å².